The van der Waals surface area contributed by atoms with Gasteiger partial charge in [-0.1, -0.05) is 6.07 Å². The van der Waals surface area contributed by atoms with E-state index in [0.717, 1.165) is 17.1 Å². The number of rotatable bonds is 2. The summed E-state index contributed by atoms with van der Waals surface area (Å²) < 4.78 is 12.2. The zero-order valence-corrected chi connectivity index (χ0v) is 11.2. The Morgan fingerprint density at radius 1 is 1.29 bits per heavy atom. The number of hydrogen-bond acceptors (Lipinski definition) is 6. The molecule has 2 N–H and O–H groups in total. The maximum atomic E-state index is 12.2. The number of fused-ring (bicyclic) bond motifs is 1. The van der Waals surface area contributed by atoms with Crippen LogP contribution in [0.4, 0.5) is 0 Å². The maximum Gasteiger partial charge on any atom is 0.250 e. The Hall–Kier alpha value is -2.38. The Balaban J connectivity index is 1.50. The number of nitrogens with one attached hydrogen (secondary N) is 2. The summed E-state index contributed by atoms with van der Waals surface area (Å²) >= 11 is 0. The van der Waals surface area contributed by atoms with Gasteiger partial charge in [0.2, 0.25) is 12.7 Å². The molecule has 1 aromatic heterocycles. The fraction of sp³-hybridized carbons (Fsp3) is 0.286. The molecule has 1 fully saturated rings. The molecule has 0 aliphatic carbocycles. The standard InChI is InChI=1S/C14H14N4O3/c19-14(18-4-3-15-7-18)11-6-10(16-17-11)9-1-2-12-13(5-9)21-8-20-12/h1-5,7,10-11,16-17H,6,8H2. The molecule has 2 aromatic rings. The van der Waals surface area contributed by atoms with Gasteiger partial charge in [-0.05, 0) is 24.1 Å². The van der Waals surface area contributed by atoms with Gasteiger partial charge in [0, 0.05) is 18.4 Å². The van der Waals surface area contributed by atoms with Crippen LogP contribution in [0.1, 0.15) is 22.8 Å². The average Bonchev–Trinajstić information content (AvgIpc) is 3.25. The molecular formula is C14H14N4O3. The minimum Gasteiger partial charge on any atom is -0.454 e. The number of aromatic nitrogens is 2. The van der Waals surface area contributed by atoms with E-state index < -0.39 is 0 Å². The van der Waals surface area contributed by atoms with Crippen LogP contribution < -0.4 is 20.3 Å². The maximum absolute atomic E-state index is 12.2. The Morgan fingerprint density at radius 2 is 2.19 bits per heavy atom. The first kappa shape index (κ1) is 12.4. The van der Waals surface area contributed by atoms with Crippen molar-refractivity contribution in [1.29, 1.82) is 0 Å². The fourth-order valence-electron chi connectivity index (χ4n) is 2.64. The fourth-order valence-corrected chi connectivity index (χ4v) is 2.64. The Kier molecular flexibility index (Phi) is 2.87. The number of hydrazine groups is 1. The molecule has 2 atom stereocenters. The smallest absolute Gasteiger partial charge is 0.250 e. The summed E-state index contributed by atoms with van der Waals surface area (Å²) in [6.45, 7) is 0.261. The zero-order chi connectivity index (χ0) is 14.2. The molecule has 7 heteroatoms. The molecule has 1 saturated heterocycles. The number of ether oxygens (including phenoxy) is 2. The van der Waals surface area contributed by atoms with Crippen LogP contribution in [0.2, 0.25) is 0 Å². The molecule has 3 heterocycles. The molecule has 2 unspecified atom stereocenters. The first-order valence-corrected chi connectivity index (χ1v) is 6.74. The largest absolute Gasteiger partial charge is 0.454 e. The van der Waals surface area contributed by atoms with Crippen LogP contribution in [0.25, 0.3) is 0 Å². The molecule has 0 bridgehead atoms. The van der Waals surface area contributed by atoms with Gasteiger partial charge in [-0.3, -0.25) is 9.36 Å². The highest BCUT2D eigenvalue weighted by molar-refractivity contribution is 5.84. The molecule has 2 aliphatic heterocycles. The molecule has 108 valence electrons. The Bertz CT molecular complexity index is 671. The molecule has 0 amide bonds. The minimum atomic E-state index is -0.283. The van der Waals surface area contributed by atoms with Crippen molar-refractivity contribution in [2.75, 3.05) is 6.79 Å². The lowest BCUT2D eigenvalue weighted by atomic mass is 10.0. The Labute approximate surface area is 120 Å². The Morgan fingerprint density at radius 3 is 3.05 bits per heavy atom. The van der Waals surface area contributed by atoms with Crippen molar-refractivity contribution < 1.29 is 14.3 Å². The van der Waals surface area contributed by atoms with Gasteiger partial charge >= 0.3 is 0 Å². The van der Waals surface area contributed by atoms with E-state index in [1.807, 2.05) is 18.2 Å². The van der Waals surface area contributed by atoms with Crippen LogP contribution in [-0.4, -0.2) is 28.3 Å². The molecular weight excluding hydrogens is 272 g/mol. The van der Waals surface area contributed by atoms with E-state index in [9.17, 15) is 4.79 Å². The second kappa shape index (κ2) is 4.87. The van der Waals surface area contributed by atoms with E-state index in [1.54, 1.807) is 12.4 Å². The van der Waals surface area contributed by atoms with E-state index in [4.69, 9.17) is 9.47 Å². The highest BCUT2D eigenvalue weighted by atomic mass is 16.7. The lowest BCUT2D eigenvalue weighted by Gasteiger charge is -2.10. The lowest BCUT2D eigenvalue weighted by molar-refractivity contribution is 0.0866. The molecule has 0 saturated carbocycles. The van der Waals surface area contributed by atoms with Crippen molar-refractivity contribution in [2.24, 2.45) is 0 Å². The number of imidazole rings is 1. The first-order chi connectivity index (χ1) is 10.3. The number of nitrogens with zero attached hydrogens (tertiary/aromatic N) is 2. The third kappa shape index (κ3) is 2.16. The number of carbonyl (C=O) groups is 1. The summed E-state index contributed by atoms with van der Waals surface area (Å²) in [5.41, 5.74) is 7.26. The summed E-state index contributed by atoms with van der Waals surface area (Å²) in [6, 6.07) is 5.60. The van der Waals surface area contributed by atoms with Gasteiger partial charge < -0.3 is 9.47 Å². The lowest BCUT2D eigenvalue weighted by Crippen LogP contribution is -2.38. The van der Waals surface area contributed by atoms with E-state index in [0.29, 0.717) is 6.42 Å². The summed E-state index contributed by atoms with van der Waals surface area (Å²) in [4.78, 5) is 16.1. The van der Waals surface area contributed by atoms with Crippen LogP contribution in [0.3, 0.4) is 0 Å². The molecule has 7 nitrogen and oxygen atoms in total. The van der Waals surface area contributed by atoms with Gasteiger partial charge in [0.05, 0.1) is 0 Å². The summed E-state index contributed by atoms with van der Waals surface area (Å²) in [5.74, 6) is 1.48. The first-order valence-electron chi connectivity index (χ1n) is 6.74. The van der Waals surface area contributed by atoms with Gasteiger partial charge in [0.25, 0.3) is 0 Å². The summed E-state index contributed by atoms with van der Waals surface area (Å²) in [5, 5.41) is 0. The van der Waals surface area contributed by atoms with Crippen LogP contribution in [-0.2, 0) is 0 Å². The van der Waals surface area contributed by atoms with E-state index in [1.165, 1.54) is 10.9 Å². The van der Waals surface area contributed by atoms with Crippen LogP contribution in [0.5, 0.6) is 11.5 Å². The predicted octanol–water partition coefficient (Wildman–Crippen LogP) is 0.860. The molecule has 1 aromatic carbocycles. The van der Waals surface area contributed by atoms with E-state index in [2.05, 4.69) is 15.8 Å². The van der Waals surface area contributed by atoms with E-state index >= 15 is 0 Å². The predicted molar refractivity (Wildman–Crippen MR) is 72.8 cm³/mol. The summed E-state index contributed by atoms with van der Waals surface area (Å²) in [7, 11) is 0. The molecule has 2 aliphatic rings. The quantitative estimate of drug-likeness (QED) is 0.852. The van der Waals surface area contributed by atoms with E-state index in [-0.39, 0.29) is 24.8 Å². The van der Waals surface area contributed by atoms with Crippen molar-refractivity contribution in [1.82, 2.24) is 20.4 Å². The summed E-state index contributed by atoms with van der Waals surface area (Å²) in [6.07, 6.45) is 5.42. The third-order valence-corrected chi connectivity index (χ3v) is 3.76. The van der Waals surface area contributed by atoms with Gasteiger partial charge in [-0.15, -0.1) is 0 Å². The van der Waals surface area contributed by atoms with Crippen LogP contribution in [0.15, 0.2) is 36.9 Å². The third-order valence-electron chi connectivity index (χ3n) is 3.76. The van der Waals surface area contributed by atoms with Gasteiger partial charge in [0.1, 0.15) is 12.4 Å². The highest BCUT2D eigenvalue weighted by Gasteiger charge is 2.31. The number of carbonyl (C=O) groups excluding carboxylic acids is 1. The molecule has 0 spiro atoms. The van der Waals surface area contributed by atoms with Gasteiger partial charge in [-0.25, -0.2) is 15.8 Å². The molecule has 0 radical (unpaired) electrons. The van der Waals surface area contributed by atoms with Gasteiger partial charge in [-0.2, -0.15) is 0 Å². The van der Waals surface area contributed by atoms with Crippen molar-refractivity contribution in [3.63, 3.8) is 0 Å². The van der Waals surface area contributed by atoms with Crippen LogP contribution in [0, 0.1) is 0 Å². The molecule has 4 rings (SSSR count). The zero-order valence-electron chi connectivity index (χ0n) is 11.2. The minimum absolute atomic E-state index is 0.0248. The second-order valence-corrected chi connectivity index (χ2v) is 5.05. The second-order valence-electron chi connectivity index (χ2n) is 5.05. The number of hydrogen-bond donors (Lipinski definition) is 2. The topological polar surface area (TPSA) is 77.4 Å². The van der Waals surface area contributed by atoms with Crippen molar-refractivity contribution in [3.05, 3.63) is 42.5 Å². The van der Waals surface area contributed by atoms with Crippen molar-refractivity contribution >= 4 is 5.91 Å². The normalized spacial score (nSPS) is 23.4. The van der Waals surface area contributed by atoms with Gasteiger partial charge in [0.15, 0.2) is 11.5 Å². The molecule has 21 heavy (non-hydrogen) atoms. The SMILES string of the molecule is O=C(C1CC(c2ccc3c(c2)OCO3)NN1)n1ccnc1. The average molecular weight is 286 g/mol. The highest BCUT2D eigenvalue weighted by Crippen LogP contribution is 2.35. The van der Waals surface area contributed by atoms with Crippen molar-refractivity contribution in [2.45, 2.75) is 18.5 Å². The number of benzene rings is 1. The monoisotopic (exact) mass is 286 g/mol. The van der Waals surface area contributed by atoms with Crippen molar-refractivity contribution in [3.8, 4) is 11.5 Å². The van der Waals surface area contributed by atoms with Crippen LogP contribution >= 0.6 is 0 Å².